The lowest BCUT2D eigenvalue weighted by molar-refractivity contribution is 0.102. The fourth-order valence-electron chi connectivity index (χ4n) is 0.934. The molecule has 0 spiro atoms. The summed E-state index contributed by atoms with van der Waals surface area (Å²) in [5.41, 5.74) is 0. The molecule has 0 aromatic rings. The maximum Gasteiger partial charge on any atom is 0.475 e. The second-order valence-electron chi connectivity index (χ2n) is 2.68. The number of rotatable bonds is 7. The van der Waals surface area contributed by atoms with Gasteiger partial charge in [0.2, 0.25) is 0 Å². The topological polar surface area (TPSA) is 44.8 Å². The first-order chi connectivity index (χ1) is 7.11. The summed E-state index contributed by atoms with van der Waals surface area (Å²) in [6.07, 6.45) is 0.240. The van der Waals surface area contributed by atoms with Crippen molar-refractivity contribution in [3.05, 3.63) is 0 Å². The van der Waals surface area contributed by atoms with Gasteiger partial charge in [-0.25, -0.2) is 4.57 Å². The minimum atomic E-state index is -3.42. The molecule has 1 unspecified atom stereocenters. The van der Waals surface area contributed by atoms with Gasteiger partial charge < -0.3 is 0 Å². The highest BCUT2D eigenvalue weighted by Crippen LogP contribution is 2.50. The van der Waals surface area contributed by atoms with Crippen LogP contribution in [0.15, 0.2) is 0 Å². The van der Waals surface area contributed by atoms with Crippen LogP contribution in [-0.2, 0) is 18.1 Å². The molecule has 5 heteroatoms. The van der Waals surface area contributed by atoms with Crippen molar-refractivity contribution >= 4 is 7.82 Å². The summed E-state index contributed by atoms with van der Waals surface area (Å²) >= 11 is 0. The summed E-state index contributed by atoms with van der Waals surface area (Å²) in [5.74, 6) is 5.52. The van der Waals surface area contributed by atoms with Gasteiger partial charge in [-0.1, -0.05) is 12.8 Å². The Morgan fingerprint density at radius 1 is 1.20 bits per heavy atom. The van der Waals surface area contributed by atoms with Crippen LogP contribution in [0.2, 0.25) is 0 Å². The largest absolute Gasteiger partial charge is 0.475 e. The van der Waals surface area contributed by atoms with E-state index in [1.165, 1.54) is 0 Å². The van der Waals surface area contributed by atoms with E-state index in [1.54, 1.807) is 20.8 Å². The van der Waals surface area contributed by atoms with Crippen LogP contribution in [0.25, 0.3) is 0 Å². The van der Waals surface area contributed by atoms with E-state index in [0.29, 0.717) is 6.42 Å². The van der Waals surface area contributed by atoms with E-state index in [1.807, 2.05) is 6.92 Å². The van der Waals surface area contributed by atoms with Gasteiger partial charge >= 0.3 is 7.82 Å². The highest BCUT2D eigenvalue weighted by Gasteiger charge is 2.28. The fourth-order valence-corrected chi connectivity index (χ4v) is 2.28. The molecule has 4 nitrogen and oxygen atoms in total. The van der Waals surface area contributed by atoms with Crippen molar-refractivity contribution in [2.45, 2.75) is 40.2 Å². The van der Waals surface area contributed by atoms with E-state index < -0.39 is 13.9 Å². The summed E-state index contributed by atoms with van der Waals surface area (Å²) in [7, 11) is -3.42. The first kappa shape index (κ1) is 14.7. The average molecular weight is 234 g/mol. The van der Waals surface area contributed by atoms with E-state index in [0.717, 1.165) is 0 Å². The Bertz CT molecular complexity index is 256. The molecule has 0 fully saturated rings. The molecule has 88 valence electrons. The molecular formula is C10H19O4P. The predicted molar refractivity (Wildman–Crippen MR) is 59.5 cm³/mol. The Morgan fingerprint density at radius 3 is 2.07 bits per heavy atom. The summed E-state index contributed by atoms with van der Waals surface area (Å²) in [4.78, 5) is 0. The minimum Gasteiger partial charge on any atom is -0.287 e. The van der Waals surface area contributed by atoms with Crippen molar-refractivity contribution in [2.75, 3.05) is 13.2 Å². The Kier molecular flexibility index (Phi) is 7.72. The van der Waals surface area contributed by atoms with Crippen molar-refractivity contribution in [1.29, 1.82) is 0 Å². The lowest BCUT2D eigenvalue weighted by Crippen LogP contribution is -2.10. The fraction of sp³-hybridized carbons (Fsp3) is 0.800. The summed E-state index contributed by atoms with van der Waals surface area (Å²) in [6.45, 7) is 7.65. The van der Waals surface area contributed by atoms with E-state index in [2.05, 4.69) is 11.8 Å². The first-order valence-electron chi connectivity index (χ1n) is 5.11. The molecule has 15 heavy (non-hydrogen) atoms. The number of hydrogen-bond acceptors (Lipinski definition) is 4. The SMILES string of the molecule is CC#CC(CC)OP(=O)(OCC)OCC. The highest BCUT2D eigenvalue weighted by atomic mass is 31.2. The van der Waals surface area contributed by atoms with Gasteiger partial charge in [-0.2, -0.15) is 0 Å². The Balaban J connectivity index is 4.48. The molecule has 1 atom stereocenters. The van der Waals surface area contributed by atoms with Crippen LogP contribution in [0.5, 0.6) is 0 Å². The lowest BCUT2D eigenvalue weighted by Gasteiger charge is -2.19. The van der Waals surface area contributed by atoms with Crippen LogP contribution in [0.1, 0.15) is 34.1 Å². The molecule has 0 aromatic heterocycles. The molecule has 0 saturated heterocycles. The maximum atomic E-state index is 11.9. The molecule has 0 radical (unpaired) electrons. The van der Waals surface area contributed by atoms with Gasteiger partial charge in [-0.15, -0.1) is 5.92 Å². The van der Waals surface area contributed by atoms with Crippen molar-refractivity contribution in [3.63, 3.8) is 0 Å². The smallest absolute Gasteiger partial charge is 0.287 e. The maximum absolute atomic E-state index is 11.9. The zero-order valence-electron chi connectivity index (χ0n) is 9.78. The number of phosphoric acid groups is 1. The van der Waals surface area contributed by atoms with Gasteiger partial charge in [0.1, 0.15) is 6.10 Å². The number of hydrogen-bond donors (Lipinski definition) is 0. The van der Waals surface area contributed by atoms with Gasteiger partial charge in [0.25, 0.3) is 0 Å². The van der Waals surface area contributed by atoms with E-state index in [4.69, 9.17) is 13.6 Å². The van der Waals surface area contributed by atoms with E-state index >= 15 is 0 Å². The van der Waals surface area contributed by atoms with Crippen LogP contribution >= 0.6 is 7.82 Å². The average Bonchev–Trinajstić information content (AvgIpc) is 2.17. The Morgan fingerprint density at radius 2 is 1.73 bits per heavy atom. The molecule has 0 aliphatic carbocycles. The summed E-state index contributed by atoms with van der Waals surface area (Å²) < 4.78 is 27.2. The summed E-state index contributed by atoms with van der Waals surface area (Å²) in [6, 6.07) is 0. The van der Waals surface area contributed by atoms with Gasteiger partial charge in [0, 0.05) is 0 Å². The molecule has 0 heterocycles. The zero-order chi connectivity index (χ0) is 11.7. The molecule has 0 N–H and O–H groups in total. The highest BCUT2D eigenvalue weighted by molar-refractivity contribution is 7.48. The normalized spacial score (nSPS) is 13.1. The first-order valence-corrected chi connectivity index (χ1v) is 6.57. The molecule has 0 bridgehead atoms. The van der Waals surface area contributed by atoms with Crippen LogP contribution in [0.3, 0.4) is 0 Å². The molecule has 0 aromatic carbocycles. The van der Waals surface area contributed by atoms with Crippen LogP contribution in [-0.4, -0.2) is 19.3 Å². The Hall–Kier alpha value is -0.330. The van der Waals surface area contributed by atoms with Crippen molar-refractivity contribution in [2.24, 2.45) is 0 Å². The standard InChI is InChI=1S/C10H19O4P/c1-5-9-10(6-2)14-15(11,12-7-3)13-8-4/h10H,6-8H2,1-4H3. The molecule has 0 aliphatic heterocycles. The molecule has 0 saturated carbocycles. The quantitative estimate of drug-likeness (QED) is 0.501. The van der Waals surface area contributed by atoms with Gasteiger partial charge in [-0.05, 0) is 27.2 Å². The van der Waals surface area contributed by atoms with Crippen LogP contribution in [0, 0.1) is 11.8 Å². The van der Waals surface area contributed by atoms with E-state index in [-0.39, 0.29) is 13.2 Å². The van der Waals surface area contributed by atoms with Gasteiger partial charge in [0.15, 0.2) is 0 Å². The lowest BCUT2D eigenvalue weighted by atomic mass is 10.3. The predicted octanol–water partition coefficient (Wildman–Crippen LogP) is 2.99. The third-order valence-corrected chi connectivity index (χ3v) is 3.17. The zero-order valence-corrected chi connectivity index (χ0v) is 10.7. The number of phosphoric ester groups is 1. The third kappa shape index (κ3) is 5.96. The monoisotopic (exact) mass is 234 g/mol. The second-order valence-corrected chi connectivity index (χ2v) is 4.30. The van der Waals surface area contributed by atoms with Crippen LogP contribution in [0.4, 0.5) is 0 Å². The molecule has 0 amide bonds. The molecule has 0 rings (SSSR count). The third-order valence-electron chi connectivity index (χ3n) is 1.51. The van der Waals surface area contributed by atoms with Crippen molar-refractivity contribution < 1.29 is 18.1 Å². The second kappa shape index (κ2) is 7.90. The van der Waals surface area contributed by atoms with Crippen LogP contribution < -0.4 is 0 Å². The van der Waals surface area contributed by atoms with Crippen molar-refractivity contribution in [1.82, 2.24) is 0 Å². The molecular weight excluding hydrogens is 215 g/mol. The summed E-state index contributed by atoms with van der Waals surface area (Å²) in [5, 5.41) is 0. The van der Waals surface area contributed by atoms with E-state index in [9.17, 15) is 4.57 Å². The van der Waals surface area contributed by atoms with Gasteiger partial charge in [-0.3, -0.25) is 13.6 Å². The van der Waals surface area contributed by atoms with Crippen molar-refractivity contribution in [3.8, 4) is 11.8 Å². The van der Waals surface area contributed by atoms with Gasteiger partial charge in [0.05, 0.1) is 13.2 Å². The minimum absolute atomic E-state index is 0.285. The Labute approximate surface area is 91.9 Å². The molecule has 0 aliphatic rings.